The first-order chi connectivity index (χ1) is 12.3. The molecule has 7 nitrogen and oxygen atoms in total. The summed E-state index contributed by atoms with van der Waals surface area (Å²) in [5.41, 5.74) is 0.978. The molecule has 2 aromatic rings. The van der Waals surface area contributed by atoms with Crippen LogP contribution in [-0.4, -0.2) is 55.9 Å². The lowest BCUT2D eigenvalue weighted by Crippen LogP contribution is -2.38. The number of carbonyl (C=O) groups is 1. The number of amides is 1. The minimum atomic E-state index is -3.04. The Balaban J connectivity index is 1.70. The molecule has 1 aromatic carbocycles. The minimum Gasteiger partial charge on any atom is -0.497 e. The number of sulfone groups is 1. The van der Waals surface area contributed by atoms with Gasteiger partial charge in [0.05, 0.1) is 24.1 Å². The largest absolute Gasteiger partial charge is 0.497 e. The summed E-state index contributed by atoms with van der Waals surface area (Å²) in [5.74, 6) is 0.655. The van der Waals surface area contributed by atoms with Crippen LogP contribution in [0.15, 0.2) is 29.1 Å². The number of H-pyrrole nitrogens is 1. The molecule has 0 radical (unpaired) electrons. The zero-order valence-corrected chi connectivity index (χ0v) is 15.6. The van der Waals surface area contributed by atoms with Crippen molar-refractivity contribution in [2.75, 3.05) is 25.7 Å². The zero-order valence-electron chi connectivity index (χ0n) is 14.8. The first kappa shape index (κ1) is 18.4. The summed E-state index contributed by atoms with van der Waals surface area (Å²) >= 11 is 0. The van der Waals surface area contributed by atoms with E-state index in [0.29, 0.717) is 29.7 Å². The van der Waals surface area contributed by atoms with Gasteiger partial charge in [0.25, 0.3) is 5.56 Å². The molecule has 140 valence electrons. The molecule has 1 aromatic heterocycles. The fraction of sp³-hybridized carbons (Fsp3) is 0.444. The highest BCUT2D eigenvalue weighted by Gasteiger charge is 2.32. The zero-order chi connectivity index (χ0) is 18.9. The predicted molar refractivity (Wildman–Crippen MR) is 99.3 cm³/mol. The number of carbonyl (C=O) groups excluding carboxylic acids is 1. The SMILES string of the molecule is COc1ccc2cc(CCC(=O)N(C)C3CCS(=O)(=O)C3)c(=O)[nH]c2c1. The second-order valence-corrected chi connectivity index (χ2v) is 8.87. The number of nitrogens with one attached hydrogen (secondary N) is 1. The third kappa shape index (κ3) is 3.90. The van der Waals surface area contributed by atoms with Crippen LogP contribution in [0.1, 0.15) is 18.4 Å². The number of aromatic amines is 1. The Bertz CT molecular complexity index is 996. The summed E-state index contributed by atoms with van der Waals surface area (Å²) in [7, 11) is 0.153. The van der Waals surface area contributed by atoms with E-state index in [4.69, 9.17) is 4.74 Å². The lowest BCUT2D eigenvalue weighted by molar-refractivity contribution is -0.131. The van der Waals surface area contributed by atoms with Gasteiger partial charge in [-0.1, -0.05) is 0 Å². The highest BCUT2D eigenvalue weighted by Crippen LogP contribution is 2.20. The van der Waals surface area contributed by atoms with Crippen molar-refractivity contribution in [2.24, 2.45) is 0 Å². The van der Waals surface area contributed by atoms with E-state index in [1.807, 2.05) is 12.1 Å². The molecule has 3 rings (SSSR count). The van der Waals surface area contributed by atoms with Crippen molar-refractivity contribution in [1.29, 1.82) is 0 Å². The van der Waals surface area contributed by atoms with Crippen molar-refractivity contribution in [3.05, 3.63) is 40.2 Å². The van der Waals surface area contributed by atoms with E-state index in [2.05, 4.69) is 4.98 Å². The second-order valence-electron chi connectivity index (χ2n) is 6.64. The minimum absolute atomic E-state index is 0.0215. The normalized spacial score (nSPS) is 18.8. The number of nitrogens with zero attached hydrogens (tertiary/aromatic N) is 1. The van der Waals surface area contributed by atoms with Crippen LogP contribution in [-0.2, 0) is 21.1 Å². The van der Waals surface area contributed by atoms with Crippen LogP contribution >= 0.6 is 0 Å². The second kappa shape index (κ2) is 7.11. The number of methoxy groups -OCH3 is 1. The third-order valence-corrected chi connectivity index (χ3v) is 6.64. The molecule has 0 spiro atoms. The van der Waals surface area contributed by atoms with Gasteiger partial charge in [-0.05, 0) is 36.4 Å². The van der Waals surface area contributed by atoms with Gasteiger partial charge in [-0.3, -0.25) is 9.59 Å². The number of benzene rings is 1. The predicted octanol–water partition coefficient (Wildman–Crippen LogP) is 1.11. The van der Waals surface area contributed by atoms with E-state index in [0.717, 1.165) is 5.39 Å². The first-order valence-electron chi connectivity index (χ1n) is 8.45. The van der Waals surface area contributed by atoms with Crippen LogP contribution in [0, 0.1) is 0 Å². The summed E-state index contributed by atoms with van der Waals surface area (Å²) in [4.78, 5) is 28.9. The van der Waals surface area contributed by atoms with Crippen LogP contribution < -0.4 is 10.3 Å². The van der Waals surface area contributed by atoms with Gasteiger partial charge in [0.1, 0.15) is 5.75 Å². The maximum atomic E-state index is 12.4. The molecule has 0 aliphatic carbocycles. The average Bonchev–Trinajstić information content (AvgIpc) is 2.98. The van der Waals surface area contributed by atoms with Gasteiger partial charge < -0.3 is 14.6 Å². The molecular formula is C18H22N2O5S. The fourth-order valence-corrected chi connectivity index (χ4v) is 5.01. The van der Waals surface area contributed by atoms with E-state index in [1.165, 1.54) is 4.90 Å². The molecule has 0 saturated carbocycles. The summed E-state index contributed by atoms with van der Waals surface area (Å²) in [6.45, 7) is 0. The molecule has 1 unspecified atom stereocenters. The van der Waals surface area contributed by atoms with E-state index in [9.17, 15) is 18.0 Å². The molecule has 1 aliphatic heterocycles. The molecule has 1 aliphatic rings. The fourth-order valence-electron chi connectivity index (χ4n) is 3.24. The van der Waals surface area contributed by atoms with Gasteiger partial charge in [-0.15, -0.1) is 0 Å². The maximum absolute atomic E-state index is 12.4. The van der Waals surface area contributed by atoms with Crippen molar-refractivity contribution in [1.82, 2.24) is 9.88 Å². The quantitative estimate of drug-likeness (QED) is 0.841. The number of rotatable bonds is 5. The summed E-state index contributed by atoms with van der Waals surface area (Å²) < 4.78 is 28.3. The molecule has 26 heavy (non-hydrogen) atoms. The van der Waals surface area contributed by atoms with Crippen LogP contribution in [0.4, 0.5) is 0 Å². The van der Waals surface area contributed by atoms with Crippen LogP contribution in [0.2, 0.25) is 0 Å². The summed E-state index contributed by atoms with van der Waals surface area (Å²) in [5, 5.41) is 0.864. The highest BCUT2D eigenvalue weighted by atomic mass is 32.2. The number of aromatic nitrogens is 1. The molecule has 1 atom stereocenters. The Kier molecular flexibility index (Phi) is 5.04. The third-order valence-electron chi connectivity index (χ3n) is 4.89. The van der Waals surface area contributed by atoms with Crippen molar-refractivity contribution in [3.8, 4) is 5.75 Å². The van der Waals surface area contributed by atoms with E-state index < -0.39 is 9.84 Å². The summed E-state index contributed by atoms with van der Waals surface area (Å²) in [6.07, 6.45) is 0.945. The van der Waals surface area contributed by atoms with Crippen molar-refractivity contribution in [3.63, 3.8) is 0 Å². The monoisotopic (exact) mass is 378 g/mol. The molecule has 2 heterocycles. The Labute approximate surface area is 151 Å². The van der Waals surface area contributed by atoms with Gasteiger partial charge in [0, 0.05) is 31.1 Å². The number of hydrogen-bond acceptors (Lipinski definition) is 5. The molecule has 8 heteroatoms. The van der Waals surface area contributed by atoms with Crippen LogP contribution in [0.5, 0.6) is 5.75 Å². The van der Waals surface area contributed by atoms with Gasteiger partial charge in [-0.25, -0.2) is 8.42 Å². The highest BCUT2D eigenvalue weighted by molar-refractivity contribution is 7.91. The molecule has 1 amide bonds. The molecular weight excluding hydrogens is 356 g/mol. The number of fused-ring (bicyclic) bond motifs is 1. The Morgan fingerprint density at radius 3 is 2.77 bits per heavy atom. The van der Waals surface area contributed by atoms with Crippen LogP contribution in [0.25, 0.3) is 10.9 Å². The molecule has 1 saturated heterocycles. The van der Waals surface area contributed by atoms with Crippen LogP contribution in [0.3, 0.4) is 0 Å². The number of aryl methyl sites for hydroxylation is 1. The van der Waals surface area contributed by atoms with Gasteiger partial charge in [-0.2, -0.15) is 0 Å². The molecule has 1 N–H and O–H groups in total. The van der Waals surface area contributed by atoms with Crippen molar-refractivity contribution >= 4 is 26.6 Å². The molecule has 0 bridgehead atoms. The lowest BCUT2D eigenvalue weighted by Gasteiger charge is -2.23. The molecule has 1 fully saturated rings. The Morgan fingerprint density at radius 2 is 2.12 bits per heavy atom. The van der Waals surface area contributed by atoms with Gasteiger partial charge in [0.15, 0.2) is 9.84 Å². The van der Waals surface area contributed by atoms with Crippen molar-refractivity contribution < 1.29 is 17.9 Å². The topological polar surface area (TPSA) is 96.5 Å². The lowest BCUT2D eigenvalue weighted by atomic mass is 10.1. The Morgan fingerprint density at radius 1 is 1.35 bits per heavy atom. The smallest absolute Gasteiger partial charge is 0.251 e. The van der Waals surface area contributed by atoms with Crippen molar-refractivity contribution in [2.45, 2.75) is 25.3 Å². The maximum Gasteiger partial charge on any atom is 0.251 e. The first-order valence-corrected chi connectivity index (χ1v) is 10.3. The summed E-state index contributed by atoms with van der Waals surface area (Å²) in [6, 6.07) is 6.92. The van der Waals surface area contributed by atoms with Gasteiger partial charge >= 0.3 is 0 Å². The van der Waals surface area contributed by atoms with Gasteiger partial charge in [0.2, 0.25) is 5.91 Å². The standard InChI is InChI=1S/C18H22N2O5S/c1-20(14-7-8-26(23,24)11-14)17(21)6-4-13-9-12-3-5-15(25-2)10-16(12)19-18(13)22/h3,5,9-10,14H,4,6-8,11H2,1-2H3,(H,19,22). The van der Waals surface area contributed by atoms with E-state index in [-0.39, 0.29) is 35.4 Å². The average molecular weight is 378 g/mol. The number of hydrogen-bond donors (Lipinski definition) is 1. The number of ether oxygens (including phenoxy) is 1. The van der Waals surface area contributed by atoms with E-state index in [1.54, 1.807) is 26.3 Å². The Hall–Kier alpha value is -2.35. The van der Waals surface area contributed by atoms with E-state index >= 15 is 0 Å². The number of pyridine rings is 1.